The molecule has 0 unspecified atom stereocenters. The molecular weight excluding hydrogens is 566 g/mol. The highest BCUT2D eigenvalue weighted by atomic mass is 32.2. The summed E-state index contributed by atoms with van der Waals surface area (Å²) >= 11 is 1.65. The summed E-state index contributed by atoms with van der Waals surface area (Å²) in [6, 6.07) is 23.7. The van der Waals surface area contributed by atoms with Gasteiger partial charge < -0.3 is 29.6 Å². The summed E-state index contributed by atoms with van der Waals surface area (Å²) in [5.74, 6) is -0.569. The van der Waals surface area contributed by atoms with Crippen LogP contribution in [0.4, 0.5) is 0 Å². The molecule has 0 saturated carbocycles. The van der Waals surface area contributed by atoms with E-state index in [1.54, 1.807) is 18.0 Å². The van der Waals surface area contributed by atoms with Crippen LogP contribution in [0.2, 0.25) is 0 Å². The van der Waals surface area contributed by atoms with Crippen LogP contribution in [0.5, 0.6) is 0 Å². The number of ether oxygens (including phenoxy) is 2. The summed E-state index contributed by atoms with van der Waals surface area (Å²) in [7, 11) is 1.97. The van der Waals surface area contributed by atoms with Crippen molar-refractivity contribution in [3.63, 3.8) is 0 Å². The van der Waals surface area contributed by atoms with Gasteiger partial charge in [0.05, 0.1) is 25.2 Å². The summed E-state index contributed by atoms with van der Waals surface area (Å²) in [6.45, 7) is 0.296. The number of carboxylic acid groups (broad SMARTS) is 1. The molecule has 1 saturated heterocycles. The molecule has 0 bridgehead atoms. The molecular formula is C33H35N3O6S. The number of thioether (sulfide) groups is 1. The first-order valence-electron chi connectivity index (χ1n) is 14.2. The SMILES string of the molecule is Cn1ccnc1SC[C@@H]1C[C@H](c2ccc(CO)cc2)O[C@H](c2ccc(-c3ccccc3CNC(=O)CCC(=O)O)cc2)O1. The molecule has 1 aromatic heterocycles. The summed E-state index contributed by atoms with van der Waals surface area (Å²) < 4.78 is 15.0. The Hall–Kier alpha value is -3.96. The number of aromatic nitrogens is 2. The van der Waals surface area contributed by atoms with Crippen LogP contribution in [-0.2, 0) is 39.3 Å². The van der Waals surface area contributed by atoms with Crippen molar-refractivity contribution in [1.82, 2.24) is 14.9 Å². The number of carboxylic acids is 1. The zero-order valence-electron chi connectivity index (χ0n) is 23.9. The molecule has 5 rings (SSSR count). The largest absolute Gasteiger partial charge is 0.481 e. The lowest BCUT2D eigenvalue weighted by Gasteiger charge is -2.36. The van der Waals surface area contributed by atoms with Crippen LogP contribution >= 0.6 is 11.8 Å². The molecule has 3 atom stereocenters. The van der Waals surface area contributed by atoms with Crippen LogP contribution in [0.1, 0.15) is 53.9 Å². The minimum absolute atomic E-state index is 0.00690. The van der Waals surface area contributed by atoms with Crippen LogP contribution in [0.25, 0.3) is 11.1 Å². The third kappa shape index (κ3) is 8.11. The van der Waals surface area contributed by atoms with Crippen molar-refractivity contribution in [3.8, 4) is 11.1 Å². The Morgan fingerprint density at radius 1 is 1.00 bits per heavy atom. The Balaban J connectivity index is 1.31. The van der Waals surface area contributed by atoms with E-state index in [0.717, 1.165) is 44.3 Å². The van der Waals surface area contributed by atoms with Crippen LogP contribution in [-0.4, -0.2) is 43.5 Å². The van der Waals surface area contributed by atoms with Gasteiger partial charge in [-0.2, -0.15) is 0 Å². The van der Waals surface area contributed by atoms with Crippen molar-refractivity contribution in [3.05, 3.63) is 107 Å². The van der Waals surface area contributed by atoms with Crippen molar-refractivity contribution in [1.29, 1.82) is 0 Å². The predicted molar refractivity (Wildman–Crippen MR) is 163 cm³/mol. The number of aliphatic hydroxyl groups excluding tert-OH is 1. The van der Waals surface area contributed by atoms with Gasteiger partial charge >= 0.3 is 5.97 Å². The van der Waals surface area contributed by atoms with E-state index in [0.29, 0.717) is 13.0 Å². The monoisotopic (exact) mass is 601 g/mol. The highest BCUT2D eigenvalue weighted by Gasteiger charge is 2.32. The number of nitrogens with zero attached hydrogens (tertiary/aromatic N) is 2. The van der Waals surface area contributed by atoms with E-state index in [4.69, 9.17) is 14.6 Å². The zero-order valence-corrected chi connectivity index (χ0v) is 24.7. The van der Waals surface area contributed by atoms with E-state index in [2.05, 4.69) is 10.3 Å². The highest BCUT2D eigenvalue weighted by Crippen LogP contribution is 2.40. The van der Waals surface area contributed by atoms with Gasteiger partial charge in [-0.15, -0.1) is 0 Å². The maximum Gasteiger partial charge on any atom is 0.303 e. The predicted octanol–water partition coefficient (Wildman–Crippen LogP) is 5.40. The average molecular weight is 602 g/mol. The molecule has 1 amide bonds. The Labute approximate surface area is 254 Å². The molecule has 1 aliphatic rings. The first-order chi connectivity index (χ1) is 20.9. The zero-order chi connectivity index (χ0) is 30.2. The smallest absolute Gasteiger partial charge is 0.303 e. The topological polar surface area (TPSA) is 123 Å². The Kier molecular flexibility index (Phi) is 10.3. The van der Waals surface area contributed by atoms with Gasteiger partial charge in [-0.25, -0.2) is 4.98 Å². The minimum atomic E-state index is -0.995. The van der Waals surface area contributed by atoms with Gasteiger partial charge in [0.1, 0.15) is 0 Å². The number of carbonyl (C=O) groups excluding carboxylic acids is 1. The number of aliphatic hydroxyl groups is 1. The van der Waals surface area contributed by atoms with Crippen LogP contribution < -0.4 is 5.32 Å². The van der Waals surface area contributed by atoms with Crippen LogP contribution in [0.15, 0.2) is 90.3 Å². The second kappa shape index (κ2) is 14.5. The quantitative estimate of drug-likeness (QED) is 0.185. The van der Waals surface area contributed by atoms with Crippen LogP contribution in [0, 0.1) is 0 Å². The molecule has 3 aromatic carbocycles. The number of hydrogen-bond acceptors (Lipinski definition) is 7. The fraction of sp³-hybridized carbons (Fsp3) is 0.303. The molecule has 224 valence electrons. The first-order valence-corrected chi connectivity index (χ1v) is 15.2. The molecule has 0 radical (unpaired) electrons. The fourth-order valence-electron chi connectivity index (χ4n) is 4.96. The lowest BCUT2D eigenvalue weighted by atomic mass is 9.97. The van der Waals surface area contributed by atoms with Gasteiger partial charge in [-0.1, -0.05) is 84.6 Å². The number of hydrogen-bond donors (Lipinski definition) is 3. The third-order valence-electron chi connectivity index (χ3n) is 7.34. The van der Waals surface area contributed by atoms with E-state index < -0.39 is 12.3 Å². The van der Waals surface area contributed by atoms with Crippen molar-refractivity contribution in [2.75, 3.05) is 5.75 Å². The van der Waals surface area contributed by atoms with Gasteiger partial charge in [0, 0.05) is 50.1 Å². The summed E-state index contributed by atoms with van der Waals surface area (Å²) in [6.07, 6.45) is 3.33. The van der Waals surface area contributed by atoms with Crippen molar-refractivity contribution >= 4 is 23.6 Å². The molecule has 0 aliphatic carbocycles. The van der Waals surface area contributed by atoms with Crippen molar-refractivity contribution in [2.45, 2.75) is 56.1 Å². The van der Waals surface area contributed by atoms with Crippen molar-refractivity contribution in [2.24, 2.45) is 7.05 Å². The lowest BCUT2D eigenvalue weighted by molar-refractivity contribution is -0.245. The van der Waals surface area contributed by atoms with E-state index in [-0.39, 0.29) is 37.6 Å². The maximum absolute atomic E-state index is 12.1. The number of aryl methyl sites for hydroxylation is 1. The van der Waals surface area contributed by atoms with E-state index in [1.165, 1.54) is 0 Å². The number of amides is 1. The number of nitrogens with one attached hydrogen (secondary N) is 1. The highest BCUT2D eigenvalue weighted by molar-refractivity contribution is 7.99. The Bertz CT molecular complexity index is 1520. The van der Waals surface area contributed by atoms with Gasteiger partial charge in [0.25, 0.3) is 0 Å². The molecule has 1 aliphatic heterocycles. The van der Waals surface area contributed by atoms with Crippen LogP contribution in [0.3, 0.4) is 0 Å². The molecule has 43 heavy (non-hydrogen) atoms. The molecule has 9 nitrogen and oxygen atoms in total. The van der Waals surface area contributed by atoms with E-state index >= 15 is 0 Å². The summed E-state index contributed by atoms with van der Waals surface area (Å²) in [5.41, 5.74) is 5.67. The lowest BCUT2D eigenvalue weighted by Crippen LogP contribution is -2.31. The number of benzene rings is 3. The van der Waals surface area contributed by atoms with Gasteiger partial charge in [-0.3, -0.25) is 9.59 Å². The molecule has 4 aromatic rings. The fourth-order valence-corrected chi connectivity index (χ4v) is 5.91. The average Bonchev–Trinajstić information content (AvgIpc) is 3.46. The molecule has 1 fully saturated rings. The number of aliphatic carboxylic acids is 1. The molecule has 2 heterocycles. The third-order valence-corrected chi connectivity index (χ3v) is 8.53. The van der Waals surface area contributed by atoms with E-state index in [9.17, 15) is 14.7 Å². The van der Waals surface area contributed by atoms with Gasteiger partial charge in [0.15, 0.2) is 11.4 Å². The number of imidazole rings is 1. The summed E-state index contributed by atoms with van der Waals surface area (Å²) in [5, 5.41) is 22.0. The first kappa shape index (κ1) is 30.5. The number of carbonyl (C=O) groups is 2. The minimum Gasteiger partial charge on any atom is -0.481 e. The molecule has 10 heteroatoms. The van der Waals surface area contributed by atoms with Crippen molar-refractivity contribution < 1.29 is 29.3 Å². The second-order valence-corrected chi connectivity index (χ2v) is 11.4. The molecule has 0 spiro atoms. The standard InChI is InChI=1S/C33H35N3O6S/c1-36-17-16-34-33(36)43-21-27-18-29(24-8-6-22(20-37)7-9-24)42-32(41-27)25-12-10-23(11-13-25)28-5-3-2-4-26(28)19-35-30(38)14-15-31(39)40/h2-13,16-17,27,29,32,37H,14-15,18-21H2,1H3,(H,35,38)(H,39,40)/t27-,29+,32+/m0/s1. The second-order valence-electron chi connectivity index (χ2n) is 10.4. The van der Waals surface area contributed by atoms with Gasteiger partial charge in [-0.05, 0) is 27.8 Å². The maximum atomic E-state index is 12.1. The van der Waals surface area contributed by atoms with E-state index in [1.807, 2.05) is 90.6 Å². The normalized spacial score (nSPS) is 18.3. The number of rotatable bonds is 12. The Morgan fingerprint density at radius 2 is 1.74 bits per heavy atom. The van der Waals surface area contributed by atoms with Gasteiger partial charge in [0.2, 0.25) is 5.91 Å². The molecule has 3 N–H and O–H groups in total. The Morgan fingerprint density at radius 3 is 2.44 bits per heavy atom. The summed E-state index contributed by atoms with van der Waals surface area (Å²) in [4.78, 5) is 27.3.